The van der Waals surface area contributed by atoms with Gasteiger partial charge in [-0.25, -0.2) is 9.78 Å². The number of carbonyl (C=O) groups is 2. The van der Waals surface area contributed by atoms with Crippen molar-refractivity contribution < 1.29 is 14.7 Å². The number of carboxylic acid groups (broad SMARTS) is 1. The van der Waals surface area contributed by atoms with Gasteiger partial charge in [-0.15, -0.1) is 11.3 Å². The zero-order valence-electron chi connectivity index (χ0n) is 10.0. The Balaban J connectivity index is 1.97. The van der Waals surface area contributed by atoms with Crippen molar-refractivity contribution in [1.82, 2.24) is 4.98 Å². The van der Waals surface area contributed by atoms with Crippen molar-refractivity contribution in [3.05, 3.63) is 51.4 Å². The highest BCUT2D eigenvalue weighted by atomic mass is 35.5. The summed E-state index contributed by atoms with van der Waals surface area (Å²) in [5.74, 6) is -1.45. The zero-order valence-corrected chi connectivity index (χ0v) is 11.6. The largest absolute Gasteiger partial charge is 0.477 e. The number of nitrogens with zero attached hydrogens (tertiary/aromatic N) is 1. The first kappa shape index (κ1) is 14.2. The second-order valence-electron chi connectivity index (χ2n) is 3.70. The van der Waals surface area contributed by atoms with Gasteiger partial charge >= 0.3 is 5.97 Å². The van der Waals surface area contributed by atoms with Crippen molar-refractivity contribution >= 4 is 46.6 Å². The molecule has 7 heteroatoms. The van der Waals surface area contributed by atoms with Gasteiger partial charge in [-0.1, -0.05) is 11.6 Å². The van der Waals surface area contributed by atoms with Gasteiger partial charge in [0.2, 0.25) is 5.91 Å². The summed E-state index contributed by atoms with van der Waals surface area (Å²) >= 11 is 7.14. The van der Waals surface area contributed by atoms with Crippen LogP contribution in [0.4, 0.5) is 5.69 Å². The van der Waals surface area contributed by atoms with Gasteiger partial charge in [-0.2, -0.15) is 0 Å². The highest BCUT2D eigenvalue weighted by Crippen LogP contribution is 2.22. The van der Waals surface area contributed by atoms with E-state index < -0.39 is 5.97 Å². The van der Waals surface area contributed by atoms with Gasteiger partial charge in [0.05, 0.1) is 16.2 Å². The van der Waals surface area contributed by atoms with E-state index in [1.165, 1.54) is 35.7 Å². The lowest BCUT2D eigenvalue weighted by Crippen LogP contribution is -2.08. The van der Waals surface area contributed by atoms with Crippen molar-refractivity contribution in [2.45, 2.75) is 0 Å². The number of pyridine rings is 1. The van der Waals surface area contributed by atoms with Crippen LogP contribution in [0.25, 0.3) is 6.08 Å². The molecule has 0 aliphatic rings. The molecule has 5 nitrogen and oxygen atoms in total. The predicted octanol–water partition coefficient (Wildman–Crippen LogP) is 3.15. The summed E-state index contributed by atoms with van der Waals surface area (Å²) in [5.41, 5.74) is 0.348. The molecule has 1 amide bonds. The average molecular weight is 309 g/mol. The Morgan fingerprint density at radius 3 is 2.65 bits per heavy atom. The van der Waals surface area contributed by atoms with E-state index in [4.69, 9.17) is 16.7 Å². The number of thiophene rings is 1. The van der Waals surface area contributed by atoms with Crippen LogP contribution in [0.3, 0.4) is 0 Å². The molecule has 0 aliphatic heterocycles. The number of aromatic nitrogens is 1. The van der Waals surface area contributed by atoms with Gasteiger partial charge in [-0.05, 0) is 30.3 Å². The lowest BCUT2D eigenvalue weighted by atomic mass is 10.3. The fourth-order valence-electron chi connectivity index (χ4n) is 1.35. The topological polar surface area (TPSA) is 79.3 Å². The minimum absolute atomic E-state index is 0.0771. The quantitative estimate of drug-likeness (QED) is 0.850. The highest BCUT2D eigenvalue weighted by molar-refractivity contribution is 7.17. The van der Waals surface area contributed by atoms with Crippen LogP contribution in [-0.2, 0) is 4.79 Å². The maximum absolute atomic E-state index is 11.6. The summed E-state index contributed by atoms with van der Waals surface area (Å²) in [5, 5.41) is 11.3. The Labute approximate surface area is 123 Å². The molecule has 102 valence electrons. The third kappa shape index (κ3) is 3.91. The van der Waals surface area contributed by atoms with E-state index in [2.05, 4.69) is 10.3 Å². The molecule has 2 heterocycles. The van der Waals surface area contributed by atoms with Gasteiger partial charge in [-0.3, -0.25) is 4.79 Å². The van der Waals surface area contributed by atoms with E-state index in [1.54, 1.807) is 18.2 Å². The highest BCUT2D eigenvalue weighted by Gasteiger charge is 2.04. The van der Waals surface area contributed by atoms with Crippen LogP contribution < -0.4 is 5.32 Å². The van der Waals surface area contributed by atoms with Gasteiger partial charge in [0.15, 0.2) is 0 Å². The molecule has 2 rings (SSSR count). The van der Waals surface area contributed by atoms with Gasteiger partial charge in [0.1, 0.15) is 5.69 Å². The first-order valence-corrected chi connectivity index (χ1v) is 6.68. The van der Waals surface area contributed by atoms with E-state index >= 15 is 0 Å². The molecule has 0 saturated carbocycles. The van der Waals surface area contributed by atoms with E-state index in [9.17, 15) is 9.59 Å². The van der Waals surface area contributed by atoms with Crippen LogP contribution in [-0.4, -0.2) is 22.0 Å². The summed E-state index contributed by atoms with van der Waals surface area (Å²) in [4.78, 5) is 26.8. The molecule has 0 bridgehead atoms. The number of halogens is 1. The van der Waals surface area contributed by atoms with Crippen LogP contribution in [0.15, 0.2) is 36.5 Å². The molecule has 20 heavy (non-hydrogen) atoms. The Hall–Kier alpha value is -2.18. The Kier molecular flexibility index (Phi) is 4.49. The summed E-state index contributed by atoms with van der Waals surface area (Å²) in [6.07, 6.45) is 4.30. The minimum Gasteiger partial charge on any atom is -0.477 e. The molecule has 0 atom stereocenters. The molecular weight excluding hydrogens is 300 g/mol. The second kappa shape index (κ2) is 6.31. The van der Waals surface area contributed by atoms with Crippen LogP contribution >= 0.6 is 22.9 Å². The van der Waals surface area contributed by atoms with Crippen molar-refractivity contribution in [3.63, 3.8) is 0 Å². The average Bonchev–Trinajstić information content (AvgIpc) is 2.83. The number of carbonyl (C=O) groups excluding carboxylic acids is 1. The SMILES string of the molecule is O=C(/C=C/c1ccc(Cl)s1)Nc1ccc(C(=O)O)nc1. The fourth-order valence-corrected chi connectivity index (χ4v) is 2.32. The number of hydrogen-bond donors (Lipinski definition) is 2. The number of hydrogen-bond acceptors (Lipinski definition) is 4. The molecule has 0 fully saturated rings. The van der Waals surface area contributed by atoms with Gasteiger partial charge in [0.25, 0.3) is 0 Å². The third-order valence-electron chi connectivity index (χ3n) is 2.24. The number of aromatic carboxylic acids is 1. The van der Waals surface area contributed by atoms with Crippen molar-refractivity contribution in [1.29, 1.82) is 0 Å². The Morgan fingerprint density at radius 1 is 1.30 bits per heavy atom. The zero-order chi connectivity index (χ0) is 14.5. The van der Waals surface area contributed by atoms with Crippen LogP contribution in [0.2, 0.25) is 4.34 Å². The number of rotatable bonds is 4. The Bertz CT molecular complexity index is 665. The molecular formula is C13H9ClN2O3S. The molecule has 0 aliphatic carbocycles. The predicted molar refractivity (Wildman–Crippen MR) is 78.2 cm³/mol. The molecule has 0 radical (unpaired) electrons. The first-order valence-electron chi connectivity index (χ1n) is 5.48. The summed E-state index contributed by atoms with van der Waals surface area (Å²) in [7, 11) is 0. The van der Waals surface area contributed by atoms with E-state index in [-0.39, 0.29) is 11.6 Å². The Morgan fingerprint density at radius 2 is 2.10 bits per heavy atom. The number of nitrogens with one attached hydrogen (secondary N) is 1. The number of carboxylic acids is 1. The van der Waals surface area contributed by atoms with Gasteiger partial charge in [0, 0.05) is 11.0 Å². The molecule has 2 aromatic rings. The monoisotopic (exact) mass is 308 g/mol. The normalized spacial score (nSPS) is 10.7. The third-order valence-corrected chi connectivity index (χ3v) is 3.44. The number of amides is 1. The summed E-state index contributed by atoms with van der Waals surface area (Å²) in [6.45, 7) is 0. The lowest BCUT2D eigenvalue weighted by Gasteiger charge is -2.01. The second-order valence-corrected chi connectivity index (χ2v) is 5.45. The maximum atomic E-state index is 11.6. The van der Waals surface area contributed by atoms with Crippen LogP contribution in [0.1, 0.15) is 15.4 Å². The van der Waals surface area contributed by atoms with E-state index in [0.29, 0.717) is 10.0 Å². The van der Waals surface area contributed by atoms with E-state index in [0.717, 1.165) is 4.88 Å². The molecule has 2 aromatic heterocycles. The summed E-state index contributed by atoms with van der Waals surface area (Å²) < 4.78 is 0.651. The van der Waals surface area contributed by atoms with Crippen molar-refractivity contribution in [3.8, 4) is 0 Å². The molecule has 2 N–H and O–H groups in total. The van der Waals surface area contributed by atoms with Gasteiger partial charge < -0.3 is 10.4 Å². The molecule has 0 saturated heterocycles. The maximum Gasteiger partial charge on any atom is 0.354 e. The molecule has 0 aromatic carbocycles. The number of anilines is 1. The van der Waals surface area contributed by atoms with Crippen molar-refractivity contribution in [2.24, 2.45) is 0 Å². The first-order chi connectivity index (χ1) is 9.54. The summed E-state index contributed by atoms with van der Waals surface area (Å²) in [6, 6.07) is 6.35. The molecule has 0 spiro atoms. The lowest BCUT2D eigenvalue weighted by molar-refractivity contribution is -0.111. The molecule has 0 unspecified atom stereocenters. The fraction of sp³-hybridized carbons (Fsp3) is 0. The van der Waals surface area contributed by atoms with Crippen LogP contribution in [0.5, 0.6) is 0 Å². The van der Waals surface area contributed by atoms with Crippen LogP contribution in [0, 0.1) is 0 Å². The van der Waals surface area contributed by atoms with E-state index in [1.807, 2.05) is 0 Å². The minimum atomic E-state index is -1.11. The smallest absolute Gasteiger partial charge is 0.354 e. The van der Waals surface area contributed by atoms with Crippen molar-refractivity contribution in [2.75, 3.05) is 5.32 Å². The standard InChI is InChI=1S/C13H9ClN2O3S/c14-11-5-2-9(20-11)3-6-12(17)16-8-1-4-10(13(18)19)15-7-8/h1-7H,(H,16,17)(H,18,19)/b6-3+.